The minimum atomic E-state index is -3.60. The van der Waals surface area contributed by atoms with Crippen LogP contribution in [-0.4, -0.2) is 27.0 Å². The first-order valence-corrected chi connectivity index (χ1v) is 12.4. The van der Waals surface area contributed by atoms with Gasteiger partial charge in [-0.15, -0.1) is 0 Å². The minimum absolute atomic E-state index is 0.0709. The molecule has 2 saturated carbocycles. The summed E-state index contributed by atoms with van der Waals surface area (Å²) in [5.74, 6) is 2.19. The molecule has 166 valence electrons. The summed E-state index contributed by atoms with van der Waals surface area (Å²) in [6.07, 6.45) is 4.90. The normalized spacial score (nSPS) is 23.5. The average Bonchev–Trinajstić information content (AvgIpc) is 3.36. The Morgan fingerprint density at radius 2 is 1.90 bits per heavy atom. The number of anilines is 1. The number of ether oxygens (including phenoxy) is 1. The molecule has 2 aliphatic carbocycles. The Labute approximate surface area is 184 Å². The number of sulfonamides is 1. The molecule has 2 fully saturated rings. The fourth-order valence-electron chi connectivity index (χ4n) is 5.07. The second-order valence-corrected chi connectivity index (χ2v) is 10.6. The van der Waals surface area contributed by atoms with Crippen LogP contribution in [0.15, 0.2) is 53.4 Å². The predicted molar refractivity (Wildman–Crippen MR) is 120 cm³/mol. The van der Waals surface area contributed by atoms with E-state index >= 15 is 0 Å². The van der Waals surface area contributed by atoms with E-state index in [-0.39, 0.29) is 23.5 Å². The minimum Gasteiger partial charge on any atom is -0.484 e. The summed E-state index contributed by atoms with van der Waals surface area (Å²) in [4.78, 5) is 12.3. The standard InChI is InChI=1S/C24H30N2O4S/c1-16-4-3-5-21(12-16)30-15-24(27)25-20-8-10-22(11-9-20)31(28,29)26-17(2)23-14-18-6-7-19(23)13-18/h3-5,8-12,17-19,23,26H,6-7,13-15H2,1-2H3,(H,25,27)/t17-,18-,19-,23-/m0/s1. The van der Waals surface area contributed by atoms with Crippen molar-refractivity contribution in [1.29, 1.82) is 0 Å². The van der Waals surface area contributed by atoms with Gasteiger partial charge in [-0.25, -0.2) is 13.1 Å². The van der Waals surface area contributed by atoms with Crippen molar-refractivity contribution in [3.63, 3.8) is 0 Å². The van der Waals surface area contributed by atoms with Gasteiger partial charge in [-0.1, -0.05) is 18.6 Å². The largest absolute Gasteiger partial charge is 0.484 e. The summed E-state index contributed by atoms with van der Waals surface area (Å²) < 4.78 is 34.0. The number of aryl methyl sites for hydroxylation is 1. The van der Waals surface area contributed by atoms with Gasteiger partial charge in [0.2, 0.25) is 10.0 Å². The Balaban J connectivity index is 1.31. The van der Waals surface area contributed by atoms with E-state index in [9.17, 15) is 13.2 Å². The van der Waals surface area contributed by atoms with E-state index in [4.69, 9.17) is 4.74 Å². The van der Waals surface area contributed by atoms with Crippen LogP contribution < -0.4 is 14.8 Å². The highest BCUT2D eigenvalue weighted by atomic mass is 32.2. The SMILES string of the molecule is Cc1cccc(OCC(=O)Nc2ccc(S(=O)(=O)N[C@@H](C)[C@@H]3C[C@H]4CC[C@H]3C4)cc2)c1. The third-order valence-electron chi connectivity index (χ3n) is 6.58. The van der Waals surface area contributed by atoms with Crippen LogP contribution in [0, 0.1) is 24.7 Å². The molecule has 2 N–H and O–H groups in total. The lowest BCUT2D eigenvalue weighted by molar-refractivity contribution is -0.118. The van der Waals surface area contributed by atoms with Crippen LogP contribution in [0.25, 0.3) is 0 Å². The Kier molecular flexibility index (Phi) is 6.34. The number of nitrogens with one attached hydrogen (secondary N) is 2. The van der Waals surface area contributed by atoms with E-state index in [1.165, 1.54) is 31.4 Å². The van der Waals surface area contributed by atoms with Crippen LogP contribution >= 0.6 is 0 Å². The van der Waals surface area contributed by atoms with Crippen LogP contribution in [0.4, 0.5) is 5.69 Å². The number of hydrogen-bond donors (Lipinski definition) is 2. The lowest BCUT2D eigenvalue weighted by atomic mass is 9.84. The van der Waals surface area contributed by atoms with Gasteiger partial charge in [-0.05, 0) is 92.8 Å². The highest BCUT2D eigenvalue weighted by Crippen LogP contribution is 2.49. The van der Waals surface area contributed by atoms with Crippen LogP contribution in [0.1, 0.15) is 38.2 Å². The zero-order chi connectivity index (χ0) is 22.0. The third kappa shape index (κ3) is 5.28. The summed E-state index contributed by atoms with van der Waals surface area (Å²) in [5.41, 5.74) is 1.58. The van der Waals surface area contributed by atoms with E-state index in [1.807, 2.05) is 32.0 Å². The lowest BCUT2D eigenvalue weighted by Gasteiger charge is -2.28. The van der Waals surface area contributed by atoms with E-state index in [2.05, 4.69) is 10.0 Å². The molecule has 2 aromatic carbocycles. The molecule has 1 amide bonds. The Morgan fingerprint density at radius 1 is 1.13 bits per heavy atom. The lowest BCUT2D eigenvalue weighted by Crippen LogP contribution is -2.40. The summed E-state index contributed by atoms with van der Waals surface area (Å²) >= 11 is 0. The van der Waals surface area contributed by atoms with Gasteiger partial charge in [0.05, 0.1) is 4.90 Å². The van der Waals surface area contributed by atoms with Crippen molar-refractivity contribution >= 4 is 21.6 Å². The van der Waals surface area contributed by atoms with E-state index in [1.54, 1.807) is 18.2 Å². The van der Waals surface area contributed by atoms with Crippen molar-refractivity contribution < 1.29 is 17.9 Å². The first-order valence-electron chi connectivity index (χ1n) is 10.9. The second-order valence-electron chi connectivity index (χ2n) is 8.93. The van der Waals surface area contributed by atoms with Gasteiger partial charge in [0.1, 0.15) is 5.75 Å². The van der Waals surface area contributed by atoms with E-state index in [0.29, 0.717) is 23.3 Å². The highest BCUT2D eigenvalue weighted by Gasteiger charge is 2.42. The van der Waals surface area contributed by atoms with E-state index < -0.39 is 10.0 Å². The zero-order valence-electron chi connectivity index (χ0n) is 18.0. The molecule has 2 aromatic rings. The van der Waals surface area contributed by atoms with Crippen molar-refractivity contribution in [3.05, 3.63) is 54.1 Å². The van der Waals surface area contributed by atoms with Crippen molar-refractivity contribution in [2.24, 2.45) is 17.8 Å². The number of hydrogen-bond acceptors (Lipinski definition) is 4. The van der Waals surface area contributed by atoms with E-state index in [0.717, 1.165) is 17.9 Å². The van der Waals surface area contributed by atoms with Crippen LogP contribution in [0.5, 0.6) is 5.75 Å². The first-order chi connectivity index (χ1) is 14.8. The summed E-state index contributed by atoms with van der Waals surface area (Å²) in [5, 5.41) is 2.73. The highest BCUT2D eigenvalue weighted by molar-refractivity contribution is 7.89. The molecule has 0 unspecified atom stereocenters. The predicted octanol–water partition coefficient (Wildman–Crippen LogP) is 4.12. The Morgan fingerprint density at radius 3 is 2.55 bits per heavy atom. The number of rotatable bonds is 8. The number of fused-ring (bicyclic) bond motifs is 2. The van der Waals surface area contributed by atoms with Gasteiger partial charge in [-0.3, -0.25) is 4.79 Å². The molecular formula is C24H30N2O4S. The van der Waals surface area contributed by atoms with Gasteiger partial charge < -0.3 is 10.1 Å². The first kappa shape index (κ1) is 21.8. The Bertz CT molecular complexity index is 1040. The van der Waals surface area contributed by atoms with Gasteiger partial charge in [-0.2, -0.15) is 0 Å². The molecule has 0 aromatic heterocycles. The maximum absolute atomic E-state index is 12.8. The molecule has 0 aliphatic heterocycles. The molecule has 4 atom stereocenters. The number of benzene rings is 2. The molecule has 4 rings (SSSR count). The van der Waals surface area contributed by atoms with Gasteiger partial charge in [0, 0.05) is 11.7 Å². The maximum Gasteiger partial charge on any atom is 0.262 e. The summed E-state index contributed by atoms with van der Waals surface area (Å²) in [7, 11) is -3.60. The van der Waals surface area contributed by atoms with Crippen molar-refractivity contribution in [3.8, 4) is 5.75 Å². The molecule has 0 spiro atoms. The van der Waals surface area contributed by atoms with Gasteiger partial charge in [0.15, 0.2) is 6.61 Å². The number of carbonyl (C=O) groups is 1. The fraction of sp³-hybridized carbons (Fsp3) is 0.458. The molecule has 31 heavy (non-hydrogen) atoms. The number of carbonyl (C=O) groups excluding carboxylic acids is 1. The molecular weight excluding hydrogens is 412 g/mol. The van der Waals surface area contributed by atoms with Crippen molar-refractivity contribution in [2.75, 3.05) is 11.9 Å². The van der Waals surface area contributed by atoms with Crippen LogP contribution in [0.3, 0.4) is 0 Å². The van der Waals surface area contributed by atoms with Crippen molar-refractivity contribution in [2.45, 2.75) is 50.5 Å². The van der Waals surface area contributed by atoms with Crippen molar-refractivity contribution in [1.82, 2.24) is 4.72 Å². The molecule has 2 aliphatic rings. The fourth-order valence-corrected chi connectivity index (χ4v) is 6.37. The monoisotopic (exact) mass is 442 g/mol. The molecule has 0 radical (unpaired) electrons. The maximum atomic E-state index is 12.8. The quantitative estimate of drug-likeness (QED) is 0.644. The molecule has 2 bridgehead atoms. The molecule has 7 heteroatoms. The number of amides is 1. The van der Waals surface area contributed by atoms with Gasteiger partial charge >= 0.3 is 0 Å². The summed E-state index contributed by atoms with van der Waals surface area (Å²) in [6, 6.07) is 13.6. The zero-order valence-corrected chi connectivity index (χ0v) is 18.8. The summed E-state index contributed by atoms with van der Waals surface area (Å²) in [6.45, 7) is 3.81. The second kappa shape index (κ2) is 9.01. The molecule has 0 saturated heterocycles. The average molecular weight is 443 g/mol. The smallest absolute Gasteiger partial charge is 0.262 e. The molecule has 0 heterocycles. The third-order valence-corrected chi connectivity index (χ3v) is 8.16. The Hall–Kier alpha value is -2.38. The van der Waals surface area contributed by atoms with Crippen LogP contribution in [-0.2, 0) is 14.8 Å². The molecule has 6 nitrogen and oxygen atoms in total. The van der Waals surface area contributed by atoms with Gasteiger partial charge in [0.25, 0.3) is 5.91 Å². The van der Waals surface area contributed by atoms with Crippen LogP contribution in [0.2, 0.25) is 0 Å². The topological polar surface area (TPSA) is 84.5 Å².